The van der Waals surface area contributed by atoms with Gasteiger partial charge in [0.05, 0.1) is 25.3 Å². The molecule has 18 heavy (non-hydrogen) atoms. The Morgan fingerprint density at radius 3 is 2.22 bits per heavy atom. The molecular formula is C11H20N2O5. The van der Waals surface area contributed by atoms with Crippen molar-refractivity contribution in [3.8, 4) is 0 Å². The summed E-state index contributed by atoms with van der Waals surface area (Å²) in [6, 6.07) is -1.53. The highest BCUT2D eigenvalue weighted by Gasteiger charge is 2.35. The quantitative estimate of drug-likeness (QED) is 0.530. The maximum absolute atomic E-state index is 11.8. The van der Waals surface area contributed by atoms with Crippen molar-refractivity contribution in [2.45, 2.75) is 38.5 Å². The summed E-state index contributed by atoms with van der Waals surface area (Å²) in [6.45, 7) is 3.61. The molecule has 2 unspecified atom stereocenters. The van der Waals surface area contributed by atoms with Crippen LogP contribution in [0.4, 0.5) is 4.79 Å². The van der Waals surface area contributed by atoms with Crippen LogP contribution in [0.15, 0.2) is 0 Å². The van der Waals surface area contributed by atoms with E-state index in [1.54, 1.807) is 6.92 Å². The molecule has 0 saturated carbocycles. The van der Waals surface area contributed by atoms with Crippen LogP contribution in [0.2, 0.25) is 0 Å². The number of hydrogen-bond donors (Lipinski definition) is 4. The zero-order valence-corrected chi connectivity index (χ0v) is 10.5. The van der Waals surface area contributed by atoms with Gasteiger partial charge in [-0.2, -0.15) is 0 Å². The van der Waals surface area contributed by atoms with Gasteiger partial charge in [0.1, 0.15) is 6.04 Å². The van der Waals surface area contributed by atoms with Gasteiger partial charge in [0, 0.05) is 0 Å². The molecule has 1 aliphatic heterocycles. The van der Waals surface area contributed by atoms with Crippen LogP contribution in [0, 0.1) is 5.92 Å². The Morgan fingerprint density at radius 2 is 1.83 bits per heavy atom. The summed E-state index contributed by atoms with van der Waals surface area (Å²) in [5.74, 6) is -1.28. The van der Waals surface area contributed by atoms with E-state index in [1.807, 2.05) is 6.92 Å². The Kier molecular flexibility index (Phi) is 4.92. The maximum atomic E-state index is 11.8. The van der Waals surface area contributed by atoms with Crippen molar-refractivity contribution in [2.24, 2.45) is 5.92 Å². The number of rotatable bonds is 4. The molecule has 1 aliphatic rings. The van der Waals surface area contributed by atoms with E-state index in [9.17, 15) is 19.8 Å². The largest absolute Gasteiger partial charge is 0.480 e. The summed E-state index contributed by atoms with van der Waals surface area (Å²) in [7, 11) is 0. The number of nitrogens with zero attached hydrogens (tertiary/aromatic N) is 1. The summed E-state index contributed by atoms with van der Waals surface area (Å²) in [5, 5.41) is 30.1. The minimum atomic E-state index is -1.09. The van der Waals surface area contributed by atoms with Crippen molar-refractivity contribution in [1.29, 1.82) is 0 Å². The highest BCUT2D eigenvalue weighted by molar-refractivity contribution is 5.83. The smallest absolute Gasteiger partial charge is 0.326 e. The molecule has 7 heteroatoms. The number of aliphatic hydroxyl groups excluding tert-OH is 2. The van der Waals surface area contributed by atoms with Crippen molar-refractivity contribution in [2.75, 3.05) is 13.1 Å². The summed E-state index contributed by atoms with van der Waals surface area (Å²) < 4.78 is 0. The molecule has 4 N–H and O–H groups in total. The lowest BCUT2D eigenvalue weighted by atomic mass is 9.99. The average Bonchev–Trinajstić information content (AvgIpc) is 2.65. The molecule has 0 bridgehead atoms. The molecule has 4 atom stereocenters. The first-order valence-electron chi connectivity index (χ1n) is 6.01. The molecule has 0 aromatic heterocycles. The fourth-order valence-electron chi connectivity index (χ4n) is 1.84. The lowest BCUT2D eigenvalue weighted by molar-refractivity contribution is -0.140. The van der Waals surface area contributed by atoms with Crippen LogP contribution in [0.3, 0.4) is 0 Å². The number of carbonyl (C=O) groups is 2. The number of carboxylic acid groups (broad SMARTS) is 1. The molecule has 104 valence electrons. The number of aliphatic hydroxyl groups is 2. The van der Waals surface area contributed by atoms with Crippen LogP contribution >= 0.6 is 0 Å². The second-order valence-corrected chi connectivity index (χ2v) is 4.69. The van der Waals surface area contributed by atoms with Gasteiger partial charge in [0.25, 0.3) is 0 Å². The van der Waals surface area contributed by atoms with Gasteiger partial charge in [-0.25, -0.2) is 9.59 Å². The first-order valence-corrected chi connectivity index (χ1v) is 6.01. The highest BCUT2D eigenvalue weighted by atomic mass is 16.4. The third kappa shape index (κ3) is 3.33. The number of nitrogens with one attached hydrogen (secondary N) is 1. The Hall–Kier alpha value is -1.34. The van der Waals surface area contributed by atoms with Gasteiger partial charge in [-0.15, -0.1) is 0 Å². The number of carbonyl (C=O) groups excluding carboxylic acids is 1. The van der Waals surface area contributed by atoms with Crippen LogP contribution in [0.5, 0.6) is 0 Å². The number of hydrogen-bond acceptors (Lipinski definition) is 4. The summed E-state index contributed by atoms with van der Waals surface area (Å²) in [5.41, 5.74) is 0. The topological polar surface area (TPSA) is 110 Å². The van der Waals surface area contributed by atoms with E-state index in [1.165, 1.54) is 4.90 Å². The normalized spacial score (nSPS) is 26.8. The van der Waals surface area contributed by atoms with E-state index in [0.29, 0.717) is 6.42 Å². The first-order chi connectivity index (χ1) is 8.36. The zero-order valence-electron chi connectivity index (χ0n) is 10.5. The molecule has 7 nitrogen and oxygen atoms in total. The Labute approximate surface area is 105 Å². The molecule has 0 spiro atoms. The van der Waals surface area contributed by atoms with Gasteiger partial charge < -0.3 is 25.5 Å². The van der Waals surface area contributed by atoms with Crippen molar-refractivity contribution < 1.29 is 24.9 Å². The average molecular weight is 260 g/mol. The van der Waals surface area contributed by atoms with Crippen LogP contribution in [-0.4, -0.2) is 63.6 Å². The molecule has 0 aliphatic carbocycles. The van der Waals surface area contributed by atoms with Gasteiger partial charge in [0.15, 0.2) is 0 Å². The fraction of sp³-hybridized carbons (Fsp3) is 0.818. The Bertz CT molecular complexity index is 313. The third-order valence-electron chi connectivity index (χ3n) is 3.30. The van der Waals surface area contributed by atoms with Gasteiger partial charge in [-0.3, -0.25) is 0 Å². The van der Waals surface area contributed by atoms with Crippen LogP contribution in [0.1, 0.15) is 20.3 Å². The molecule has 1 heterocycles. The third-order valence-corrected chi connectivity index (χ3v) is 3.30. The van der Waals surface area contributed by atoms with Crippen molar-refractivity contribution in [3.05, 3.63) is 0 Å². The fourth-order valence-corrected chi connectivity index (χ4v) is 1.84. The zero-order chi connectivity index (χ0) is 13.9. The Morgan fingerprint density at radius 1 is 1.33 bits per heavy atom. The van der Waals surface area contributed by atoms with Gasteiger partial charge in [0.2, 0.25) is 0 Å². The minimum Gasteiger partial charge on any atom is -0.480 e. The minimum absolute atomic E-state index is 0.0137. The van der Waals surface area contributed by atoms with E-state index >= 15 is 0 Å². The van der Waals surface area contributed by atoms with Crippen molar-refractivity contribution >= 4 is 12.0 Å². The second kappa shape index (κ2) is 6.01. The number of carboxylic acids is 1. The molecule has 1 fully saturated rings. The predicted molar refractivity (Wildman–Crippen MR) is 63.0 cm³/mol. The van der Waals surface area contributed by atoms with E-state index < -0.39 is 30.3 Å². The standard InChI is InChI=1S/C11H20N2O5/c1-3-6(2)9(10(16)17)12-11(18)13-4-7(14)8(15)5-13/h6-9,14-15H,3-5H2,1-2H3,(H,12,18)(H,16,17)/t6-,7?,8?,9-/m0/s1. The molecule has 2 amide bonds. The Balaban J connectivity index is 2.60. The number of urea groups is 1. The molecule has 0 aromatic carbocycles. The summed E-state index contributed by atoms with van der Waals surface area (Å²) >= 11 is 0. The molecule has 0 aromatic rings. The monoisotopic (exact) mass is 260 g/mol. The highest BCUT2D eigenvalue weighted by Crippen LogP contribution is 2.12. The second-order valence-electron chi connectivity index (χ2n) is 4.69. The predicted octanol–water partition coefficient (Wildman–Crippen LogP) is -0.767. The van der Waals surface area contributed by atoms with E-state index in [-0.39, 0.29) is 19.0 Å². The lowest BCUT2D eigenvalue weighted by Gasteiger charge is -2.24. The van der Waals surface area contributed by atoms with Gasteiger partial charge in [-0.1, -0.05) is 20.3 Å². The van der Waals surface area contributed by atoms with E-state index in [4.69, 9.17) is 5.11 Å². The van der Waals surface area contributed by atoms with Gasteiger partial charge >= 0.3 is 12.0 Å². The lowest BCUT2D eigenvalue weighted by Crippen LogP contribution is -2.50. The van der Waals surface area contributed by atoms with Crippen LogP contribution in [0.25, 0.3) is 0 Å². The molecule has 1 rings (SSSR count). The number of amides is 2. The maximum Gasteiger partial charge on any atom is 0.326 e. The van der Waals surface area contributed by atoms with E-state index in [0.717, 1.165) is 0 Å². The van der Waals surface area contributed by atoms with Gasteiger partial charge in [-0.05, 0) is 5.92 Å². The molecule has 0 radical (unpaired) electrons. The number of aliphatic carboxylic acids is 1. The summed E-state index contributed by atoms with van der Waals surface area (Å²) in [6.07, 6.45) is -1.31. The van der Waals surface area contributed by atoms with E-state index in [2.05, 4.69) is 5.32 Å². The molecule has 1 saturated heterocycles. The number of likely N-dealkylation sites (tertiary alicyclic amines) is 1. The first kappa shape index (κ1) is 14.7. The SMILES string of the molecule is CC[C@H](C)[C@H](NC(=O)N1CC(O)C(O)C1)C(=O)O. The summed E-state index contributed by atoms with van der Waals surface area (Å²) in [4.78, 5) is 24.1. The van der Waals surface area contributed by atoms with Crippen LogP contribution < -0.4 is 5.32 Å². The van der Waals surface area contributed by atoms with Crippen molar-refractivity contribution in [1.82, 2.24) is 10.2 Å². The number of β-amino-alcohol motifs (C(OH)–C–C–N with tert-alkyl or cyclic N) is 2. The van der Waals surface area contributed by atoms with Crippen molar-refractivity contribution in [3.63, 3.8) is 0 Å². The molecular weight excluding hydrogens is 240 g/mol. The van der Waals surface area contributed by atoms with Crippen LogP contribution in [-0.2, 0) is 4.79 Å².